The summed E-state index contributed by atoms with van der Waals surface area (Å²) in [6.45, 7) is 0.365. The summed E-state index contributed by atoms with van der Waals surface area (Å²) in [6, 6.07) is -1.70. The van der Waals surface area contributed by atoms with E-state index in [0.29, 0.717) is 13.0 Å². The molecule has 1 rings (SSSR count). The lowest BCUT2D eigenvalue weighted by Gasteiger charge is -2.33. The second kappa shape index (κ2) is 3.69. The minimum Gasteiger partial charge on any atom is -0.351 e. The van der Waals surface area contributed by atoms with E-state index in [1.807, 2.05) is 0 Å². The quantitative estimate of drug-likeness (QED) is 0.644. The largest absolute Gasteiger partial charge is 0.351 e. The van der Waals surface area contributed by atoms with Crippen molar-refractivity contribution in [3.8, 4) is 0 Å². The highest BCUT2D eigenvalue weighted by Gasteiger charge is 2.31. The number of nitrogens with two attached hydrogens (primary N) is 1. The number of urea groups is 1. The molecule has 0 aliphatic carbocycles. The van der Waals surface area contributed by atoms with Crippen LogP contribution in [0.4, 0.5) is 13.6 Å². The van der Waals surface area contributed by atoms with E-state index in [-0.39, 0.29) is 0 Å². The van der Waals surface area contributed by atoms with Crippen LogP contribution in [0, 0.1) is 0 Å². The van der Waals surface area contributed by atoms with Crippen LogP contribution in [-0.2, 0) is 0 Å². The van der Waals surface area contributed by atoms with Gasteiger partial charge in [0.05, 0.1) is 6.04 Å². The standard InChI is InChI=1S/C7H12F2N2O/c8-6(9)5-3-1-2-4-11(5)7(10)12/h5-6H,1-4H2,(H2,10,12). The van der Waals surface area contributed by atoms with Crippen molar-refractivity contribution < 1.29 is 13.6 Å². The Morgan fingerprint density at radius 1 is 1.50 bits per heavy atom. The molecule has 0 saturated carbocycles. The van der Waals surface area contributed by atoms with Crippen molar-refractivity contribution in [2.45, 2.75) is 31.7 Å². The van der Waals surface area contributed by atoms with Gasteiger partial charge in [0.15, 0.2) is 0 Å². The molecule has 0 spiro atoms. The summed E-state index contributed by atoms with van der Waals surface area (Å²) in [5, 5.41) is 0. The number of nitrogens with zero attached hydrogens (tertiary/aromatic N) is 1. The van der Waals surface area contributed by atoms with Crippen LogP contribution < -0.4 is 5.73 Å². The average Bonchev–Trinajstić information content (AvgIpc) is 2.04. The lowest BCUT2D eigenvalue weighted by molar-refractivity contribution is 0.0257. The summed E-state index contributed by atoms with van der Waals surface area (Å²) in [5.41, 5.74) is 4.95. The number of likely N-dealkylation sites (tertiary alicyclic amines) is 1. The first kappa shape index (κ1) is 9.22. The molecule has 0 aromatic rings. The van der Waals surface area contributed by atoms with Gasteiger partial charge >= 0.3 is 6.03 Å². The normalized spacial score (nSPS) is 24.6. The predicted octanol–water partition coefficient (Wildman–Crippen LogP) is 1.18. The summed E-state index contributed by atoms with van der Waals surface area (Å²) >= 11 is 0. The third kappa shape index (κ3) is 1.84. The van der Waals surface area contributed by atoms with Gasteiger partial charge in [-0.15, -0.1) is 0 Å². The van der Waals surface area contributed by atoms with Crippen molar-refractivity contribution in [1.29, 1.82) is 0 Å². The van der Waals surface area contributed by atoms with Gasteiger partial charge in [-0.25, -0.2) is 13.6 Å². The van der Waals surface area contributed by atoms with Gasteiger partial charge in [-0.1, -0.05) is 0 Å². The molecule has 1 aliphatic heterocycles. The Kier molecular flexibility index (Phi) is 2.83. The second-order valence-corrected chi connectivity index (χ2v) is 2.93. The zero-order valence-corrected chi connectivity index (χ0v) is 6.67. The predicted molar refractivity (Wildman–Crippen MR) is 39.9 cm³/mol. The lowest BCUT2D eigenvalue weighted by atomic mass is 10.0. The van der Waals surface area contributed by atoms with E-state index in [4.69, 9.17) is 5.73 Å². The molecule has 1 atom stereocenters. The third-order valence-corrected chi connectivity index (χ3v) is 2.12. The van der Waals surface area contributed by atoms with Crippen molar-refractivity contribution in [2.75, 3.05) is 6.54 Å². The van der Waals surface area contributed by atoms with E-state index in [2.05, 4.69) is 0 Å². The van der Waals surface area contributed by atoms with Gasteiger partial charge < -0.3 is 10.6 Å². The van der Waals surface area contributed by atoms with Gasteiger partial charge in [0.2, 0.25) is 0 Å². The summed E-state index contributed by atoms with van der Waals surface area (Å²) < 4.78 is 24.6. The minimum atomic E-state index is -2.47. The minimum absolute atomic E-state index is 0.362. The fourth-order valence-corrected chi connectivity index (χ4v) is 1.49. The topological polar surface area (TPSA) is 46.3 Å². The number of piperidine rings is 1. The highest BCUT2D eigenvalue weighted by Crippen LogP contribution is 2.21. The molecule has 0 aromatic carbocycles. The molecule has 0 bridgehead atoms. The molecule has 3 nitrogen and oxygen atoms in total. The number of hydrogen-bond acceptors (Lipinski definition) is 1. The van der Waals surface area contributed by atoms with E-state index in [9.17, 15) is 13.6 Å². The van der Waals surface area contributed by atoms with E-state index in [0.717, 1.165) is 17.7 Å². The van der Waals surface area contributed by atoms with E-state index < -0.39 is 18.5 Å². The molecule has 12 heavy (non-hydrogen) atoms. The Morgan fingerprint density at radius 3 is 2.58 bits per heavy atom. The zero-order chi connectivity index (χ0) is 9.14. The van der Waals surface area contributed by atoms with E-state index in [1.165, 1.54) is 0 Å². The highest BCUT2D eigenvalue weighted by atomic mass is 19.3. The van der Waals surface area contributed by atoms with E-state index >= 15 is 0 Å². The van der Waals surface area contributed by atoms with Crippen LogP contribution in [0.1, 0.15) is 19.3 Å². The van der Waals surface area contributed by atoms with Crippen molar-refractivity contribution in [2.24, 2.45) is 5.73 Å². The highest BCUT2D eigenvalue weighted by molar-refractivity contribution is 5.72. The monoisotopic (exact) mass is 178 g/mol. The summed E-state index contributed by atoms with van der Waals surface area (Å²) in [4.78, 5) is 11.7. The molecule has 70 valence electrons. The van der Waals surface area contributed by atoms with Crippen LogP contribution in [0.2, 0.25) is 0 Å². The fourth-order valence-electron chi connectivity index (χ4n) is 1.49. The number of primary amides is 1. The van der Waals surface area contributed by atoms with Gasteiger partial charge in [0, 0.05) is 6.54 Å². The average molecular weight is 178 g/mol. The lowest BCUT2D eigenvalue weighted by Crippen LogP contribution is -2.49. The maximum Gasteiger partial charge on any atom is 0.315 e. The summed E-state index contributed by atoms with van der Waals surface area (Å²) in [7, 11) is 0. The Hall–Kier alpha value is -0.870. The maximum atomic E-state index is 12.3. The number of amides is 2. The van der Waals surface area contributed by atoms with Crippen molar-refractivity contribution in [3.63, 3.8) is 0 Å². The maximum absolute atomic E-state index is 12.3. The second-order valence-electron chi connectivity index (χ2n) is 2.93. The van der Waals surface area contributed by atoms with Gasteiger partial charge in [-0.05, 0) is 19.3 Å². The van der Waals surface area contributed by atoms with Gasteiger partial charge in [-0.3, -0.25) is 0 Å². The SMILES string of the molecule is NC(=O)N1CCCCC1C(F)F. The molecule has 1 unspecified atom stereocenters. The number of carbonyl (C=O) groups excluding carboxylic acids is 1. The van der Waals surface area contributed by atoms with Crippen molar-refractivity contribution >= 4 is 6.03 Å². The van der Waals surface area contributed by atoms with Crippen LogP contribution in [0.3, 0.4) is 0 Å². The Labute approximate surface area is 69.5 Å². The van der Waals surface area contributed by atoms with Crippen molar-refractivity contribution in [3.05, 3.63) is 0 Å². The van der Waals surface area contributed by atoms with Crippen LogP contribution in [0.5, 0.6) is 0 Å². The van der Waals surface area contributed by atoms with Crippen LogP contribution in [0.25, 0.3) is 0 Å². The molecule has 1 aliphatic rings. The van der Waals surface area contributed by atoms with Gasteiger partial charge in [0.25, 0.3) is 6.43 Å². The Balaban J connectivity index is 2.60. The number of rotatable bonds is 1. The van der Waals surface area contributed by atoms with Gasteiger partial charge in [0.1, 0.15) is 0 Å². The molecular weight excluding hydrogens is 166 g/mol. The summed E-state index contributed by atoms with van der Waals surface area (Å²) in [5.74, 6) is 0. The Bertz CT molecular complexity index is 175. The number of alkyl halides is 2. The van der Waals surface area contributed by atoms with E-state index in [1.54, 1.807) is 0 Å². The number of hydrogen-bond donors (Lipinski definition) is 1. The number of halogens is 2. The first-order valence-electron chi connectivity index (χ1n) is 3.97. The fraction of sp³-hybridized carbons (Fsp3) is 0.857. The molecule has 1 saturated heterocycles. The molecule has 5 heteroatoms. The summed E-state index contributed by atoms with van der Waals surface area (Å²) in [6.07, 6.45) is -0.594. The van der Waals surface area contributed by atoms with Crippen LogP contribution in [0.15, 0.2) is 0 Å². The third-order valence-electron chi connectivity index (χ3n) is 2.12. The zero-order valence-electron chi connectivity index (χ0n) is 6.67. The van der Waals surface area contributed by atoms with Crippen molar-refractivity contribution in [1.82, 2.24) is 4.90 Å². The van der Waals surface area contributed by atoms with Gasteiger partial charge in [-0.2, -0.15) is 0 Å². The molecule has 2 N–H and O–H groups in total. The smallest absolute Gasteiger partial charge is 0.315 e. The molecule has 0 radical (unpaired) electrons. The molecule has 1 fully saturated rings. The van der Waals surface area contributed by atoms with Crippen LogP contribution >= 0.6 is 0 Å². The number of carbonyl (C=O) groups is 1. The molecular formula is C7H12F2N2O. The first-order valence-corrected chi connectivity index (χ1v) is 3.97. The molecule has 1 heterocycles. The van der Waals surface area contributed by atoms with Crippen LogP contribution in [-0.4, -0.2) is 29.9 Å². The molecule has 2 amide bonds. The molecule has 0 aromatic heterocycles. The first-order chi connectivity index (χ1) is 5.63. The Morgan fingerprint density at radius 2 is 2.17 bits per heavy atom.